The fourth-order valence-electron chi connectivity index (χ4n) is 4.48. The van der Waals surface area contributed by atoms with Crippen LogP contribution in [0.5, 0.6) is 5.75 Å². The van der Waals surface area contributed by atoms with Crippen molar-refractivity contribution in [1.82, 2.24) is 0 Å². The fraction of sp³-hybridized carbons (Fsp3) is 0.167. The van der Waals surface area contributed by atoms with Gasteiger partial charge in [-0.2, -0.15) is 0 Å². The van der Waals surface area contributed by atoms with Crippen molar-refractivity contribution in [3.05, 3.63) is 129 Å². The summed E-state index contributed by atoms with van der Waals surface area (Å²) < 4.78 is 27.5. The molecule has 4 heteroatoms. The smallest absolute Gasteiger partial charge is 0.127 e. The molecular formula is C30H27F2NO. The molecule has 0 radical (unpaired) electrons. The average Bonchev–Trinajstić information content (AvgIpc) is 2.79. The van der Waals surface area contributed by atoms with Crippen LogP contribution in [0.25, 0.3) is 0 Å². The minimum Gasteiger partial charge on any atom is -0.507 e. The van der Waals surface area contributed by atoms with Gasteiger partial charge in [-0.05, 0) is 91.4 Å². The summed E-state index contributed by atoms with van der Waals surface area (Å²) in [5, 5.41) is 10.5. The third-order valence-corrected chi connectivity index (χ3v) is 6.00. The number of phenols is 1. The number of hydrogen-bond acceptors (Lipinski definition) is 2. The molecule has 1 N–H and O–H groups in total. The van der Waals surface area contributed by atoms with Crippen LogP contribution in [-0.4, -0.2) is 11.3 Å². The number of rotatable bonds is 5. The first-order valence-corrected chi connectivity index (χ1v) is 11.2. The van der Waals surface area contributed by atoms with E-state index in [0.717, 1.165) is 44.6 Å². The van der Waals surface area contributed by atoms with Gasteiger partial charge in [0.25, 0.3) is 0 Å². The lowest BCUT2D eigenvalue weighted by molar-refractivity contribution is 0.470. The predicted octanol–water partition coefficient (Wildman–Crippen LogP) is 7.83. The zero-order valence-corrected chi connectivity index (χ0v) is 19.7. The average molecular weight is 456 g/mol. The SMILES string of the molecule is Cc1cc(C)c(O)c(C=Nc2c(C)cc(C)cc2C(c2ccc(F)cc2)c2ccc(F)cc2)c1. The van der Waals surface area contributed by atoms with Crippen LogP contribution in [0.4, 0.5) is 14.5 Å². The van der Waals surface area contributed by atoms with E-state index in [2.05, 4.69) is 12.1 Å². The van der Waals surface area contributed by atoms with Crippen LogP contribution in [0.15, 0.2) is 77.8 Å². The maximum Gasteiger partial charge on any atom is 0.127 e. The topological polar surface area (TPSA) is 32.6 Å². The summed E-state index contributed by atoms with van der Waals surface area (Å²) in [5.74, 6) is -0.704. The van der Waals surface area contributed by atoms with Crippen molar-refractivity contribution in [3.8, 4) is 5.75 Å². The van der Waals surface area contributed by atoms with Gasteiger partial charge in [0.1, 0.15) is 17.4 Å². The molecule has 0 unspecified atom stereocenters. The molecule has 0 saturated carbocycles. The fourth-order valence-corrected chi connectivity index (χ4v) is 4.48. The first-order chi connectivity index (χ1) is 16.2. The predicted molar refractivity (Wildman–Crippen MR) is 134 cm³/mol. The number of aromatic hydroxyl groups is 1. The molecule has 0 saturated heterocycles. The maximum atomic E-state index is 13.7. The Labute approximate surface area is 199 Å². The second-order valence-electron chi connectivity index (χ2n) is 8.83. The number of aliphatic imine (C=N–C) groups is 1. The minimum atomic E-state index is -0.314. The van der Waals surface area contributed by atoms with Gasteiger partial charge in [0.2, 0.25) is 0 Å². The van der Waals surface area contributed by atoms with Crippen LogP contribution in [0, 0.1) is 39.3 Å². The Morgan fingerprint density at radius 3 is 1.76 bits per heavy atom. The lowest BCUT2D eigenvalue weighted by Gasteiger charge is -2.22. The molecule has 2 nitrogen and oxygen atoms in total. The number of hydrogen-bond donors (Lipinski definition) is 1. The summed E-state index contributed by atoms with van der Waals surface area (Å²) in [6.45, 7) is 7.86. The standard InChI is InChI=1S/C30H27F2NO/c1-18-14-21(4)30(34)24(15-18)17-33-29-20(3)13-19(2)16-27(29)28(22-5-9-25(31)10-6-22)23-7-11-26(32)12-8-23/h5-17,28,34H,1-4H3. The highest BCUT2D eigenvalue weighted by Crippen LogP contribution is 2.40. The van der Waals surface area contributed by atoms with Crippen molar-refractivity contribution in [3.63, 3.8) is 0 Å². The molecule has 0 aliphatic carbocycles. The van der Waals surface area contributed by atoms with Gasteiger partial charge in [0.15, 0.2) is 0 Å². The van der Waals surface area contributed by atoms with Gasteiger partial charge in [-0.1, -0.05) is 48.0 Å². The van der Waals surface area contributed by atoms with Crippen LogP contribution >= 0.6 is 0 Å². The molecule has 0 aromatic heterocycles. The van der Waals surface area contributed by atoms with Gasteiger partial charge in [0, 0.05) is 17.7 Å². The summed E-state index contributed by atoms with van der Waals surface area (Å²) in [6.07, 6.45) is 1.68. The van der Waals surface area contributed by atoms with Crippen LogP contribution < -0.4 is 0 Å². The van der Waals surface area contributed by atoms with E-state index in [4.69, 9.17) is 4.99 Å². The van der Waals surface area contributed by atoms with E-state index in [9.17, 15) is 13.9 Å². The summed E-state index contributed by atoms with van der Waals surface area (Å²) in [5.41, 5.74) is 7.96. The highest BCUT2D eigenvalue weighted by Gasteiger charge is 2.22. The van der Waals surface area contributed by atoms with E-state index in [-0.39, 0.29) is 23.3 Å². The second-order valence-corrected chi connectivity index (χ2v) is 8.83. The lowest BCUT2D eigenvalue weighted by Crippen LogP contribution is -2.06. The first kappa shape index (κ1) is 23.4. The summed E-state index contributed by atoms with van der Waals surface area (Å²) >= 11 is 0. The number of aryl methyl sites for hydroxylation is 4. The van der Waals surface area contributed by atoms with E-state index >= 15 is 0 Å². The summed E-state index contributed by atoms with van der Waals surface area (Å²) in [4.78, 5) is 4.83. The Kier molecular flexibility index (Phi) is 6.60. The van der Waals surface area contributed by atoms with Crippen molar-refractivity contribution < 1.29 is 13.9 Å². The molecule has 0 heterocycles. The zero-order valence-electron chi connectivity index (χ0n) is 19.7. The maximum absolute atomic E-state index is 13.7. The van der Waals surface area contributed by atoms with E-state index in [1.54, 1.807) is 30.5 Å². The minimum absolute atomic E-state index is 0.203. The number of halogens is 2. The van der Waals surface area contributed by atoms with Gasteiger partial charge >= 0.3 is 0 Å². The molecule has 0 amide bonds. The number of nitrogens with zero attached hydrogens (tertiary/aromatic N) is 1. The van der Waals surface area contributed by atoms with E-state index in [1.165, 1.54) is 24.3 Å². The summed E-state index contributed by atoms with van der Waals surface area (Å²) in [6, 6.07) is 20.7. The summed E-state index contributed by atoms with van der Waals surface area (Å²) in [7, 11) is 0. The van der Waals surface area contributed by atoms with Gasteiger partial charge in [-0.25, -0.2) is 8.78 Å². The van der Waals surface area contributed by atoms with Gasteiger partial charge in [0.05, 0.1) is 5.69 Å². The third-order valence-electron chi connectivity index (χ3n) is 6.00. The van der Waals surface area contributed by atoms with Crippen molar-refractivity contribution in [1.29, 1.82) is 0 Å². The Balaban J connectivity index is 1.92. The van der Waals surface area contributed by atoms with E-state index in [1.807, 2.05) is 39.8 Å². The molecule has 0 atom stereocenters. The monoisotopic (exact) mass is 455 g/mol. The molecule has 4 rings (SSSR count). The molecule has 0 bridgehead atoms. The molecule has 4 aromatic carbocycles. The molecule has 0 spiro atoms. The van der Waals surface area contributed by atoms with Crippen LogP contribution in [-0.2, 0) is 0 Å². The van der Waals surface area contributed by atoms with E-state index in [0.29, 0.717) is 5.56 Å². The van der Waals surface area contributed by atoms with Crippen LogP contribution in [0.3, 0.4) is 0 Å². The molecule has 0 aliphatic heterocycles. The Bertz CT molecular complexity index is 1310. The Morgan fingerprint density at radius 2 is 1.21 bits per heavy atom. The third kappa shape index (κ3) is 4.91. The molecule has 0 aliphatic rings. The first-order valence-electron chi connectivity index (χ1n) is 11.2. The Hall–Kier alpha value is -3.79. The molecular weight excluding hydrogens is 428 g/mol. The van der Waals surface area contributed by atoms with Gasteiger partial charge < -0.3 is 5.11 Å². The van der Waals surface area contributed by atoms with Crippen LogP contribution in [0.2, 0.25) is 0 Å². The molecule has 0 fully saturated rings. The Morgan fingerprint density at radius 1 is 0.706 bits per heavy atom. The molecule has 172 valence electrons. The van der Waals surface area contributed by atoms with Gasteiger partial charge in [-0.15, -0.1) is 0 Å². The van der Waals surface area contributed by atoms with Crippen LogP contribution in [0.1, 0.15) is 50.4 Å². The van der Waals surface area contributed by atoms with Crippen molar-refractivity contribution in [2.24, 2.45) is 4.99 Å². The van der Waals surface area contributed by atoms with Crippen molar-refractivity contribution in [2.75, 3.05) is 0 Å². The zero-order chi connectivity index (χ0) is 24.4. The van der Waals surface area contributed by atoms with Crippen molar-refractivity contribution >= 4 is 11.9 Å². The second kappa shape index (κ2) is 9.60. The largest absolute Gasteiger partial charge is 0.507 e. The number of phenolic OH excluding ortho intramolecular Hbond substituents is 1. The highest BCUT2D eigenvalue weighted by molar-refractivity contribution is 5.87. The quantitative estimate of drug-likeness (QED) is 0.241. The molecule has 34 heavy (non-hydrogen) atoms. The van der Waals surface area contributed by atoms with Gasteiger partial charge in [-0.3, -0.25) is 4.99 Å². The van der Waals surface area contributed by atoms with E-state index < -0.39 is 0 Å². The normalized spacial score (nSPS) is 11.5. The lowest BCUT2D eigenvalue weighted by atomic mass is 9.82. The molecule has 4 aromatic rings. The van der Waals surface area contributed by atoms with Crippen molar-refractivity contribution in [2.45, 2.75) is 33.6 Å². The highest BCUT2D eigenvalue weighted by atomic mass is 19.1. The number of benzene rings is 4.